The van der Waals surface area contributed by atoms with E-state index in [-0.39, 0.29) is 0 Å². The lowest BCUT2D eigenvalue weighted by Gasteiger charge is -1.92. The summed E-state index contributed by atoms with van der Waals surface area (Å²) in [4.78, 5) is 2.93. The molecule has 0 aliphatic heterocycles. The highest BCUT2D eigenvalue weighted by molar-refractivity contribution is 5.16. The minimum absolute atomic E-state index is 0.469. The lowest BCUT2D eigenvalue weighted by atomic mass is 10.2. The third kappa shape index (κ3) is 7.96. The van der Waals surface area contributed by atoms with Gasteiger partial charge in [-0.05, 0) is 49.1 Å². The van der Waals surface area contributed by atoms with Crippen LogP contribution in [0.5, 0.6) is 0 Å². The maximum Gasteiger partial charge on any atom is 0.129 e. The standard InChI is InChI=1S/C8H10.C7H6F2.C5H7N/c1-2-8-6-4-3-5-7-8;1-5-2-3-6(8)4-7(5)9;1-5-2-3-6-4-5/h3-7H,2H2,1H3;2-4H,1H3;2-4,6H,1H3. The molecule has 0 fully saturated rings. The van der Waals surface area contributed by atoms with Gasteiger partial charge in [0.2, 0.25) is 0 Å². The van der Waals surface area contributed by atoms with E-state index in [1.165, 1.54) is 23.3 Å². The number of aromatic amines is 1. The van der Waals surface area contributed by atoms with Crippen LogP contribution in [-0.2, 0) is 6.42 Å². The molecule has 1 aromatic heterocycles. The summed E-state index contributed by atoms with van der Waals surface area (Å²) < 4.78 is 24.4. The first kappa shape index (κ1) is 18.6. The number of nitrogens with one attached hydrogen (secondary N) is 1. The van der Waals surface area contributed by atoms with Crippen LogP contribution in [0.3, 0.4) is 0 Å². The van der Waals surface area contributed by atoms with Gasteiger partial charge >= 0.3 is 0 Å². The second-order valence-corrected chi connectivity index (χ2v) is 5.12. The highest BCUT2D eigenvalue weighted by Gasteiger charge is 1.95. The fourth-order valence-corrected chi connectivity index (χ4v) is 1.69. The third-order valence-corrected chi connectivity index (χ3v) is 3.14. The maximum atomic E-state index is 12.3. The van der Waals surface area contributed by atoms with E-state index in [2.05, 4.69) is 43.1 Å². The second-order valence-electron chi connectivity index (χ2n) is 5.12. The first-order chi connectivity index (χ1) is 11.0. The average Bonchev–Trinajstić information content (AvgIpc) is 3.04. The van der Waals surface area contributed by atoms with E-state index in [1.54, 1.807) is 6.92 Å². The van der Waals surface area contributed by atoms with Gasteiger partial charge in [0.05, 0.1) is 0 Å². The fourth-order valence-electron chi connectivity index (χ4n) is 1.69. The van der Waals surface area contributed by atoms with Gasteiger partial charge in [0, 0.05) is 18.5 Å². The van der Waals surface area contributed by atoms with Crippen molar-refractivity contribution < 1.29 is 8.78 Å². The van der Waals surface area contributed by atoms with Crippen molar-refractivity contribution in [3.05, 3.63) is 95.3 Å². The Morgan fingerprint density at radius 3 is 1.96 bits per heavy atom. The van der Waals surface area contributed by atoms with Crippen molar-refractivity contribution in [3.63, 3.8) is 0 Å². The minimum Gasteiger partial charge on any atom is -0.367 e. The Morgan fingerprint density at radius 1 is 0.913 bits per heavy atom. The number of benzene rings is 2. The molecule has 1 heterocycles. The summed E-state index contributed by atoms with van der Waals surface area (Å²) in [5.41, 5.74) is 3.17. The number of hydrogen-bond acceptors (Lipinski definition) is 0. The molecular weight excluding hydrogens is 292 g/mol. The number of H-pyrrole nitrogens is 1. The van der Waals surface area contributed by atoms with E-state index < -0.39 is 11.6 Å². The van der Waals surface area contributed by atoms with Gasteiger partial charge in [0.25, 0.3) is 0 Å². The van der Waals surface area contributed by atoms with Crippen LogP contribution in [0, 0.1) is 25.5 Å². The topological polar surface area (TPSA) is 15.8 Å². The normalized spacial score (nSPS) is 9.26. The molecule has 3 heteroatoms. The van der Waals surface area contributed by atoms with Crippen molar-refractivity contribution >= 4 is 0 Å². The second kappa shape index (κ2) is 10.3. The molecule has 0 unspecified atom stereocenters. The Balaban J connectivity index is 0.000000176. The molecule has 0 aliphatic carbocycles. The molecule has 0 bridgehead atoms. The summed E-state index contributed by atoms with van der Waals surface area (Å²) in [7, 11) is 0. The SMILES string of the molecule is CCc1ccccc1.Cc1cc[nH]c1.Cc1ccc(F)cc1F. The zero-order valence-corrected chi connectivity index (χ0v) is 13.8. The number of rotatable bonds is 1. The Morgan fingerprint density at radius 2 is 1.61 bits per heavy atom. The van der Waals surface area contributed by atoms with Gasteiger partial charge < -0.3 is 4.98 Å². The molecule has 3 rings (SSSR count). The van der Waals surface area contributed by atoms with Crippen LogP contribution in [0.4, 0.5) is 8.78 Å². The molecule has 0 saturated heterocycles. The molecule has 0 spiro atoms. The lowest BCUT2D eigenvalue weighted by molar-refractivity contribution is 0.577. The molecule has 0 aliphatic rings. The smallest absolute Gasteiger partial charge is 0.129 e. The van der Waals surface area contributed by atoms with Crippen LogP contribution >= 0.6 is 0 Å². The van der Waals surface area contributed by atoms with Crippen molar-refractivity contribution in [2.24, 2.45) is 0 Å². The summed E-state index contributed by atoms with van der Waals surface area (Å²) in [6.07, 6.45) is 5.01. The van der Waals surface area contributed by atoms with Crippen LogP contribution in [0.25, 0.3) is 0 Å². The highest BCUT2D eigenvalue weighted by Crippen LogP contribution is 2.06. The zero-order valence-electron chi connectivity index (χ0n) is 13.8. The van der Waals surface area contributed by atoms with Crippen molar-refractivity contribution in [1.29, 1.82) is 0 Å². The van der Waals surface area contributed by atoms with E-state index in [4.69, 9.17) is 0 Å². The van der Waals surface area contributed by atoms with Gasteiger partial charge in [0.1, 0.15) is 11.6 Å². The fraction of sp³-hybridized carbons (Fsp3) is 0.200. The molecule has 1 N–H and O–H groups in total. The van der Waals surface area contributed by atoms with E-state index in [1.807, 2.05) is 24.5 Å². The van der Waals surface area contributed by atoms with Gasteiger partial charge in [-0.1, -0.05) is 43.3 Å². The zero-order chi connectivity index (χ0) is 17.1. The minimum atomic E-state index is -0.530. The van der Waals surface area contributed by atoms with E-state index in [0.717, 1.165) is 12.5 Å². The summed E-state index contributed by atoms with van der Waals surface area (Å²) in [5, 5.41) is 0. The van der Waals surface area contributed by atoms with Crippen LogP contribution in [0.15, 0.2) is 67.0 Å². The summed E-state index contributed by atoms with van der Waals surface area (Å²) in [5.74, 6) is -1.02. The quantitative estimate of drug-likeness (QED) is 0.580. The number of halogens is 2. The van der Waals surface area contributed by atoms with Crippen LogP contribution in [-0.4, -0.2) is 4.98 Å². The first-order valence-electron chi connectivity index (χ1n) is 7.58. The highest BCUT2D eigenvalue weighted by atomic mass is 19.1. The predicted molar refractivity (Wildman–Crippen MR) is 92.4 cm³/mol. The Kier molecular flexibility index (Phi) is 8.37. The Bertz CT molecular complexity index is 661. The van der Waals surface area contributed by atoms with Gasteiger partial charge in [-0.15, -0.1) is 0 Å². The number of hydrogen-bond donors (Lipinski definition) is 1. The Labute approximate surface area is 137 Å². The summed E-state index contributed by atoms with van der Waals surface area (Å²) >= 11 is 0. The van der Waals surface area contributed by atoms with Crippen molar-refractivity contribution in [3.8, 4) is 0 Å². The van der Waals surface area contributed by atoms with E-state index >= 15 is 0 Å². The van der Waals surface area contributed by atoms with Crippen molar-refractivity contribution in [1.82, 2.24) is 4.98 Å². The van der Waals surface area contributed by atoms with Crippen molar-refractivity contribution in [2.75, 3.05) is 0 Å². The molecule has 3 aromatic rings. The summed E-state index contributed by atoms with van der Waals surface area (Å²) in [6, 6.07) is 16.0. The van der Waals surface area contributed by atoms with Crippen molar-refractivity contribution in [2.45, 2.75) is 27.2 Å². The molecule has 23 heavy (non-hydrogen) atoms. The first-order valence-corrected chi connectivity index (χ1v) is 7.58. The molecule has 2 aromatic carbocycles. The summed E-state index contributed by atoms with van der Waals surface area (Å²) in [6.45, 7) is 5.81. The van der Waals surface area contributed by atoms with Crippen LogP contribution in [0.2, 0.25) is 0 Å². The molecule has 0 saturated carbocycles. The molecular formula is C20H23F2N. The molecule has 0 radical (unpaired) electrons. The number of aromatic nitrogens is 1. The lowest BCUT2D eigenvalue weighted by Crippen LogP contribution is -1.81. The van der Waals surface area contributed by atoms with Gasteiger partial charge in [-0.2, -0.15) is 0 Å². The van der Waals surface area contributed by atoms with Crippen LogP contribution < -0.4 is 0 Å². The van der Waals surface area contributed by atoms with Gasteiger partial charge in [0.15, 0.2) is 0 Å². The monoisotopic (exact) mass is 315 g/mol. The van der Waals surface area contributed by atoms with Gasteiger partial charge in [-0.25, -0.2) is 8.78 Å². The average molecular weight is 315 g/mol. The third-order valence-electron chi connectivity index (χ3n) is 3.14. The van der Waals surface area contributed by atoms with Crippen LogP contribution in [0.1, 0.15) is 23.6 Å². The molecule has 0 amide bonds. The number of aryl methyl sites for hydroxylation is 3. The molecule has 1 nitrogen and oxygen atoms in total. The Hall–Kier alpha value is -2.42. The van der Waals surface area contributed by atoms with Gasteiger partial charge in [-0.3, -0.25) is 0 Å². The maximum absolute atomic E-state index is 12.3. The van der Waals surface area contributed by atoms with E-state index in [9.17, 15) is 8.78 Å². The predicted octanol–water partition coefficient (Wildman–Crippen LogP) is 5.85. The molecule has 0 atom stereocenters. The van der Waals surface area contributed by atoms with E-state index in [0.29, 0.717) is 5.56 Å². The molecule has 122 valence electrons. The largest absolute Gasteiger partial charge is 0.367 e.